The van der Waals surface area contributed by atoms with Gasteiger partial charge in [0.05, 0.1) is 5.69 Å². The molecular weight excluding hydrogens is 336 g/mol. The van der Waals surface area contributed by atoms with Crippen LogP contribution < -0.4 is 5.32 Å². The minimum absolute atomic E-state index is 0.127. The van der Waals surface area contributed by atoms with Gasteiger partial charge < -0.3 is 4.90 Å². The van der Waals surface area contributed by atoms with Gasteiger partial charge in [-0.1, -0.05) is 55.5 Å². The van der Waals surface area contributed by atoms with Gasteiger partial charge >= 0.3 is 6.03 Å². The number of amides is 2. The first-order chi connectivity index (χ1) is 13.1. The number of carbonyl (C=O) groups is 1. The van der Waals surface area contributed by atoms with Crippen molar-refractivity contribution >= 4 is 11.8 Å². The van der Waals surface area contributed by atoms with Crippen LogP contribution in [0.1, 0.15) is 31.4 Å². The summed E-state index contributed by atoms with van der Waals surface area (Å²) in [5, 5.41) is 7.54. The highest BCUT2D eigenvalue weighted by Crippen LogP contribution is 2.18. The van der Waals surface area contributed by atoms with Crippen LogP contribution in [-0.2, 0) is 6.54 Å². The standard InChI is InChI=1S/C22H26N4O/c1-4-18(3)25(16-19-11-7-5-8-12-19)22(27)23-21-17(2)15-26(24-21)20-13-9-6-10-14-20/h5-15,18H,4,16H2,1-3H3,(H,23,24,27). The number of rotatable bonds is 6. The monoisotopic (exact) mass is 362 g/mol. The molecule has 0 radical (unpaired) electrons. The van der Waals surface area contributed by atoms with Crippen LogP contribution in [0.2, 0.25) is 0 Å². The van der Waals surface area contributed by atoms with E-state index < -0.39 is 0 Å². The predicted octanol–water partition coefficient (Wildman–Crippen LogP) is 5.01. The Morgan fingerprint density at radius 3 is 2.37 bits per heavy atom. The molecule has 0 aliphatic carbocycles. The zero-order valence-corrected chi connectivity index (χ0v) is 16.1. The number of para-hydroxylation sites is 1. The number of nitrogens with zero attached hydrogens (tertiary/aromatic N) is 3. The minimum atomic E-state index is -0.130. The summed E-state index contributed by atoms with van der Waals surface area (Å²) in [4.78, 5) is 14.8. The Morgan fingerprint density at radius 2 is 1.74 bits per heavy atom. The predicted molar refractivity (Wildman–Crippen MR) is 109 cm³/mol. The summed E-state index contributed by atoms with van der Waals surface area (Å²) in [6.07, 6.45) is 2.81. The van der Waals surface area contributed by atoms with E-state index in [-0.39, 0.29) is 12.1 Å². The lowest BCUT2D eigenvalue weighted by Gasteiger charge is -2.28. The van der Waals surface area contributed by atoms with Crippen molar-refractivity contribution in [1.82, 2.24) is 14.7 Å². The highest BCUT2D eigenvalue weighted by molar-refractivity contribution is 5.89. The third-order valence-corrected chi connectivity index (χ3v) is 4.72. The van der Waals surface area contributed by atoms with Crippen molar-refractivity contribution in [2.75, 3.05) is 5.32 Å². The summed E-state index contributed by atoms with van der Waals surface area (Å²) < 4.78 is 1.79. The van der Waals surface area contributed by atoms with Gasteiger partial charge in [0.15, 0.2) is 5.82 Å². The lowest BCUT2D eigenvalue weighted by molar-refractivity contribution is 0.187. The number of aryl methyl sites for hydroxylation is 1. The fraction of sp³-hybridized carbons (Fsp3) is 0.273. The second-order valence-corrected chi connectivity index (χ2v) is 6.74. The molecule has 1 N–H and O–H groups in total. The second kappa shape index (κ2) is 8.54. The fourth-order valence-corrected chi connectivity index (χ4v) is 2.90. The van der Waals surface area contributed by atoms with Gasteiger partial charge in [-0.05, 0) is 38.0 Å². The van der Waals surface area contributed by atoms with Crippen LogP contribution in [0.5, 0.6) is 0 Å². The van der Waals surface area contributed by atoms with Gasteiger partial charge in [-0.15, -0.1) is 5.10 Å². The van der Waals surface area contributed by atoms with E-state index in [4.69, 9.17) is 0 Å². The van der Waals surface area contributed by atoms with Gasteiger partial charge in [0.1, 0.15) is 0 Å². The minimum Gasteiger partial charge on any atom is -0.317 e. The molecule has 140 valence electrons. The van der Waals surface area contributed by atoms with E-state index in [2.05, 4.69) is 24.3 Å². The Labute approximate surface area is 160 Å². The Hall–Kier alpha value is -3.08. The SMILES string of the molecule is CCC(C)N(Cc1ccccc1)C(=O)Nc1nn(-c2ccccc2)cc1C. The maximum absolute atomic E-state index is 13.0. The molecule has 5 nitrogen and oxygen atoms in total. The first-order valence-electron chi connectivity index (χ1n) is 9.31. The zero-order valence-electron chi connectivity index (χ0n) is 16.1. The number of anilines is 1. The normalized spacial score (nSPS) is 11.8. The summed E-state index contributed by atoms with van der Waals surface area (Å²) in [6, 6.07) is 19.9. The maximum Gasteiger partial charge on any atom is 0.323 e. The number of aromatic nitrogens is 2. The molecule has 5 heteroatoms. The van der Waals surface area contributed by atoms with Gasteiger partial charge in [0.25, 0.3) is 0 Å². The molecule has 1 aromatic heterocycles. The van der Waals surface area contributed by atoms with Gasteiger partial charge in [-0.3, -0.25) is 5.32 Å². The van der Waals surface area contributed by atoms with Crippen LogP contribution in [0.3, 0.4) is 0 Å². The fourth-order valence-electron chi connectivity index (χ4n) is 2.90. The van der Waals surface area contributed by atoms with Gasteiger partial charge in [-0.25, -0.2) is 9.48 Å². The maximum atomic E-state index is 13.0. The van der Waals surface area contributed by atoms with E-state index in [1.807, 2.05) is 78.7 Å². The Kier molecular flexibility index (Phi) is 5.91. The molecule has 0 fully saturated rings. The van der Waals surface area contributed by atoms with E-state index in [1.165, 1.54) is 0 Å². The molecular formula is C22H26N4O. The molecule has 1 unspecified atom stereocenters. The van der Waals surface area contributed by atoms with Crippen molar-refractivity contribution < 1.29 is 4.79 Å². The number of hydrogen-bond acceptors (Lipinski definition) is 2. The van der Waals surface area contributed by atoms with E-state index in [1.54, 1.807) is 4.68 Å². The molecule has 0 saturated heterocycles. The molecule has 1 atom stereocenters. The first-order valence-corrected chi connectivity index (χ1v) is 9.31. The average molecular weight is 362 g/mol. The third-order valence-electron chi connectivity index (χ3n) is 4.72. The highest BCUT2D eigenvalue weighted by atomic mass is 16.2. The molecule has 0 saturated carbocycles. The lowest BCUT2D eigenvalue weighted by Crippen LogP contribution is -2.40. The topological polar surface area (TPSA) is 50.2 Å². The molecule has 0 aliphatic heterocycles. The van der Waals surface area contributed by atoms with Crippen LogP contribution in [0.4, 0.5) is 10.6 Å². The van der Waals surface area contributed by atoms with Crippen LogP contribution >= 0.6 is 0 Å². The van der Waals surface area contributed by atoms with Crippen molar-refractivity contribution in [1.29, 1.82) is 0 Å². The van der Waals surface area contributed by atoms with Crippen molar-refractivity contribution in [3.63, 3.8) is 0 Å². The molecule has 1 heterocycles. The number of benzene rings is 2. The smallest absolute Gasteiger partial charge is 0.317 e. The average Bonchev–Trinajstić information content (AvgIpc) is 3.07. The lowest BCUT2D eigenvalue weighted by atomic mass is 10.1. The molecule has 2 aromatic carbocycles. The molecule has 27 heavy (non-hydrogen) atoms. The summed E-state index contributed by atoms with van der Waals surface area (Å²) in [5.74, 6) is 0.588. The van der Waals surface area contributed by atoms with Crippen LogP contribution in [0, 0.1) is 6.92 Å². The third kappa shape index (κ3) is 4.56. The van der Waals surface area contributed by atoms with Crippen LogP contribution in [-0.4, -0.2) is 26.8 Å². The summed E-state index contributed by atoms with van der Waals surface area (Å²) in [5.41, 5.74) is 3.00. The largest absolute Gasteiger partial charge is 0.323 e. The van der Waals surface area contributed by atoms with Crippen molar-refractivity contribution in [2.24, 2.45) is 0 Å². The molecule has 2 amide bonds. The van der Waals surface area contributed by atoms with Crippen molar-refractivity contribution in [3.8, 4) is 5.69 Å². The summed E-state index contributed by atoms with van der Waals surface area (Å²) in [7, 11) is 0. The Morgan fingerprint density at radius 1 is 1.11 bits per heavy atom. The van der Waals surface area contributed by atoms with E-state index in [0.717, 1.165) is 23.2 Å². The van der Waals surface area contributed by atoms with E-state index >= 15 is 0 Å². The zero-order chi connectivity index (χ0) is 19.2. The van der Waals surface area contributed by atoms with E-state index in [0.29, 0.717) is 12.4 Å². The molecule has 0 spiro atoms. The Bertz CT molecular complexity index is 874. The molecule has 3 aromatic rings. The van der Waals surface area contributed by atoms with Crippen molar-refractivity contribution in [3.05, 3.63) is 78.0 Å². The van der Waals surface area contributed by atoms with Crippen LogP contribution in [0.25, 0.3) is 5.69 Å². The second-order valence-electron chi connectivity index (χ2n) is 6.74. The quantitative estimate of drug-likeness (QED) is 0.670. The van der Waals surface area contributed by atoms with E-state index in [9.17, 15) is 4.79 Å². The summed E-state index contributed by atoms with van der Waals surface area (Å²) in [6.45, 7) is 6.68. The number of urea groups is 1. The number of hydrogen-bond donors (Lipinski definition) is 1. The van der Waals surface area contributed by atoms with Crippen LogP contribution in [0.15, 0.2) is 66.9 Å². The van der Waals surface area contributed by atoms with Gasteiger partial charge in [0.2, 0.25) is 0 Å². The molecule has 3 rings (SSSR count). The Balaban J connectivity index is 1.78. The molecule has 0 aliphatic rings. The number of nitrogens with one attached hydrogen (secondary N) is 1. The number of carbonyl (C=O) groups excluding carboxylic acids is 1. The molecule has 0 bridgehead atoms. The van der Waals surface area contributed by atoms with Gasteiger partial charge in [-0.2, -0.15) is 0 Å². The summed E-state index contributed by atoms with van der Waals surface area (Å²) >= 11 is 0. The van der Waals surface area contributed by atoms with Gasteiger partial charge in [0, 0.05) is 24.3 Å². The first kappa shape index (κ1) is 18.7. The van der Waals surface area contributed by atoms with Crippen molar-refractivity contribution in [2.45, 2.75) is 39.8 Å². The highest BCUT2D eigenvalue weighted by Gasteiger charge is 2.21.